The van der Waals surface area contributed by atoms with Gasteiger partial charge in [0.2, 0.25) is 0 Å². The number of amides is 2. The molecule has 2 atom stereocenters. The second-order valence-electron chi connectivity index (χ2n) is 5.53. The molecule has 1 fully saturated rings. The summed E-state index contributed by atoms with van der Waals surface area (Å²) in [5.41, 5.74) is -0.265. The lowest BCUT2D eigenvalue weighted by molar-refractivity contribution is -0.0678. The monoisotopic (exact) mass is 267 g/mol. The Balaban J connectivity index is 1.76. The summed E-state index contributed by atoms with van der Waals surface area (Å²) in [6.45, 7) is 6.15. The quantitative estimate of drug-likeness (QED) is 0.765. The molecule has 106 valence electrons. The predicted octanol–water partition coefficient (Wildman–Crippen LogP) is 1.20. The van der Waals surface area contributed by atoms with Gasteiger partial charge in [0.15, 0.2) is 5.89 Å². The highest BCUT2D eigenvalue weighted by molar-refractivity contribution is 5.74. The minimum absolute atomic E-state index is 0.00317. The molecule has 1 aliphatic rings. The molecule has 0 aliphatic heterocycles. The van der Waals surface area contributed by atoms with Crippen LogP contribution in [0.4, 0.5) is 4.79 Å². The summed E-state index contributed by atoms with van der Waals surface area (Å²) < 4.78 is 5.39. The molecule has 1 heterocycles. The third-order valence-electron chi connectivity index (χ3n) is 3.85. The first-order valence-corrected chi connectivity index (χ1v) is 6.59. The molecule has 0 radical (unpaired) electrons. The van der Waals surface area contributed by atoms with E-state index in [9.17, 15) is 9.90 Å². The molecule has 6 nitrogen and oxygen atoms in total. The van der Waals surface area contributed by atoms with Gasteiger partial charge in [-0.2, -0.15) is 0 Å². The predicted molar refractivity (Wildman–Crippen MR) is 69.4 cm³/mol. The van der Waals surface area contributed by atoms with Crippen molar-refractivity contribution >= 4 is 6.03 Å². The minimum atomic E-state index is -0.348. The molecule has 1 aromatic heterocycles. The van der Waals surface area contributed by atoms with Crippen LogP contribution in [0.3, 0.4) is 0 Å². The van der Waals surface area contributed by atoms with E-state index in [1.165, 1.54) is 0 Å². The second kappa shape index (κ2) is 5.21. The number of aliphatic hydroxyl groups is 1. The number of nitrogens with zero attached hydrogens (tertiary/aromatic N) is 1. The van der Waals surface area contributed by atoms with Gasteiger partial charge in [0.1, 0.15) is 5.76 Å². The maximum absolute atomic E-state index is 11.7. The number of aromatic nitrogens is 1. The molecule has 0 bridgehead atoms. The third kappa shape index (κ3) is 2.89. The van der Waals surface area contributed by atoms with Gasteiger partial charge in [-0.25, -0.2) is 9.78 Å². The van der Waals surface area contributed by atoms with E-state index in [0.29, 0.717) is 24.6 Å². The molecule has 2 rings (SSSR count). The third-order valence-corrected chi connectivity index (χ3v) is 3.85. The fraction of sp³-hybridized carbons (Fsp3) is 0.692. The Bertz CT molecular complexity index is 456. The topological polar surface area (TPSA) is 87.4 Å². The van der Waals surface area contributed by atoms with E-state index < -0.39 is 0 Å². The van der Waals surface area contributed by atoms with Crippen LogP contribution in [-0.4, -0.2) is 28.3 Å². The van der Waals surface area contributed by atoms with Crippen LogP contribution in [0.2, 0.25) is 0 Å². The first-order chi connectivity index (χ1) is 8.93. The summed E-state index contributed by atoms with van der Waals surface area (Å²) in [7, 11) is 0. The minimum Gasteiger partial charge on any atom is -0.444 e. The van der Waals surface area contributed by atoms with Gasteiger partial charge in [-0.1, -0.05) is 20.8 Å². The van der Waals surface area contributed by atoms with Crippen LogP contribution in [-0.2, 0) is 13.0 Å². The highest BCUT2D eigenvalue weighted by atomic mass is 16.4. The zero-order valence-electron chi connectivity index (χ0n) is 11.6. The number of aliphatic hydroxyl groups excluding tert-OH is 1. The summed E-state index contributed by atoms with van der Waals surface area (Å²) in [5, 5.41) is 15.2. The zero-order chi connectivity index (χ0) is 14.0. The maximum Gasteiger partial charge on any atom is 0.315 e. The smallest absolute Gasteiger partial charge is 0.315 e. The standard InChI is InChI=1S/C13H21N3O3/c1-4-11-14-6-8(19-11)7-15-12(18)16-9-5-10(17)13(9,2)3/h6,9-10,17H,4-5,7H2,1-3H3,(H2,15,16,18). The van der Waals surface area contributed by atoms with Crippen molar-refractivity contribution in [1.82, 2.24) is 15.6 Å². The number of hydrogen-bond acceptors (Lipinski definition) is 4. The Morgan fingerprint density at radius 3 is 2.89 bits per heavy atom. The molecule has 0 saturated heterocycles. The van der Waals surface area contributed by atoms with E-state index >= 15 is 0 Å². The summed E-state index contributed by atoms with van der Waals surface area (Å²) in [5.74, 6) is 1.31. The van der Waals surface area contributed by atoms with E-state index in [1.54, 1.807) is 6.20 Å². The average Bonchev–Trinajstić information content (AvgIpc) is 2.84. The molecule has 0 aromatic carbocycles. The van der Waals surface area contributed by atoms with E-state index in [2.05, 4.69) is 15.6 Å². The zero-order valence-corrected chi connectivity index (χ0v) is 11.6. The number of rotatable bonds is 4. The van der Waals surface area contributed by atoms with Gasteiger partial charge < -0.3 is 20.2 Å². The lowest BCUT2D eigenvalue weighted by Gasteiger charge is -2.49. The van der Waals surface area contributed by atoms with Crippen LogP contribution in [0.5, 0.6) is 0 Å². The Morgan fingerprint density at radius 2 is 2.37 bits per heavy atom. The second-order valence-corrected chi connectivity index (χ2v) is 5.53. The number of carbonyl (C=O) groups excluding carboxylic acids is 1. The van der Waals surface area contributed by atoms with Crippen molar-refractivity contribution in [2.24, 2.45) is 5.41 Å². The van der Waals surface area contributed by atoms with E-state index in [-0.39, 0.29) is 23.6 Å². The Kier molecular flexibility index (Phi) is 3.80. The van der Waals surface area contributed by atoms with Crippen molar-refractivity contribution < 1.29 is 14.3 Å². The van der Waals surface area contributed by atoms with Crippen LogP contribution < -0.4 is 10.6 Å². The number of nitrogens with one attached hydrogen (secondary N) is 2. The van der Waals surface area contributed by atoms with E-state index in [0.717, 1.165) is 6.42 Å². The lowest BCUT2D eigenvalue weighted by Crippen LogP contribution is -2.62. The van der Waals surface area contributed by atoms with Crippen LogP contribution in [0, 0.1) is 5.41 Å². The van der Waals surface area contributed by atoms with Crippen molar-refractivity contribution in [3.8, 4) is 0 Å². The van der Waals surface area contributed by atoms with Gasteiger partial charge in [0.25, 0.3) is 0 Å². The largest absolute Gasteiger partial charge is 0.444 e. The van der Waals surface area contributed by atoms with Gasteiger partial charge in [0.05, 0.1) is 18.8 Å². The summed E-state index contributed by atoms with van der Waals surface area (Å²) in [6, 6.07) is -0.247. The van der Waals surface area contributed by atoms with Crippen molar-refractivity contribution in [3.05, 3.63) is 17.8 Å². The average molecular weight is 267 g/mol. The van der Waals surface area contributed by atoms with Crippen LogP contribution in [0.1, 0.15) is 38.8 Å². The first kappa shape index (κ1) is 13.9. The van der Waals surface area contributed by atoms with E-state index in [1.807, 2.05) is 20.8 Å². The van der Waals surface area contributed by atoms with Gasteiger partial charge in [-0.15, -0.1) is 0 Å². The van der Waals surface area contributed by atoms with Crippen molar-refractivity contribution in [2.75, 3.05) is 0 Å². The Morgan fingerprint density at radius 1 is 1.63 bits per heavy atom. The Hall–Kier alpha value is -1.56. The Labute approximate surface area is 112 Å². The summed E-state index contributed by atoms with van der Waals surface area (Å²) in [4.78, 5) is 15.8. The molecule has 2 unspecified atom stereocenters. The fourth-order valence-electron chi connectivity index (χ4n) is 2.12. The SMILES string of the molecule is CCc1ncc(CNC(=O)NC2CC(O)C2(C)C)o1. The number of carbonyl (C=O) groups is 1. The number of aryl methyl sites for hydroxylation is 1. The van der Waals surface area contributed by atoms with Crippen molar-refractivity contribution in [1.29, 1.82) is 0 Å². The summed E-state index contributed by atoms with van der Waals surface area (Å²) >= 11 is 0. The van der Waals surface area contributed by atoms with Crippen molar-refractivity contribution in [3.63, 3.8) is 0 Å². The van der Waals surface area contributed by atoms with Crippen LogP contribution in [0.25, 0.3) is 0 Å². The molecular weight excluding hydrogens is 246 g/mol. The van der Waals surface area contributed by atoms with Crippen LogP contribution >= 0.6 is 0 Å². The molecular formula is C13H21N3O3. The molecule has 6 heteroatoms. The molecule has 19 heavy (non-hydrogen) atoms. The number of urea groups is 1. The highest BCUT2D eigenvalue weighted by Gasteiger charge is 2.47. The summed E-state index contributed by atoms with van der Waals surface area (Å²) in [6.07, 6.45) is 2.61. The molecule has 3 N–H and O–H groups in total. The van der Waals surface area contributed by atoms with E-state index in [4.69, 9.17) is 4.42 Å². The molecule has 0 spiro atoms. The lowest BCUT2D eigenvalue weighted by atomic mass is 9.65. The number of hydrogen-bond donors (Lipinski definition) is 3. The van der Waals surface area contributed by atoms with Gasteiger partial charge in [-0.05, 0) is 6.42 Å². The highest BCUT2D eigenvalue weighted by Crippen LogP contribution is 2.40. The fourth-order valence-corrected chi connectivity index (χ4v) is 2.12. The van der Waals surface area contributed by atoms with Gasteiger partial charge in [-0.3, -0.25) is 0 Å². The molecule has 1 aliphatic carbocycles. The normalized spacial score (nSPS) is 24.6. The molecule has 1 aromatic rings. The number of oxazole rings is 1. The van der Waals surface area contributed by atoms with Gasteiger partial charge in [0, 0.05) is 17.9 Å². The van der Waals surface area contributed by atoms with Crippen molar-refractivity contribution in [2.45, 2.75) is 52.3 Å². The molecule has 1 saturated carbocycles. The molecule has 2 amide bonds. The van der Waals surface area contributed by atoms with Crippen LogP contribution in [0.15, 0.2) is 10.6 Å². The first-order valence-electron chi connectivity index (χ1n) is 6.59. The maximum atomic E-state index is 11.7. The van der Waals surface area contributed by atoms with Gasteiger partial charge >= 0.3 is 6.03 Å².